The topological polar surface area (TPSA) is 57.5 Å². The first kappa shape index (κ1) is 35.0. The minimum atomic E-state index is 0.272. The number of rotatable bonds is 7. The minimum absolute atomic E-state index is 0.272. The molecule has 4 heterocycles. The molecule has 0 aliphatic rings. The number of nitrogens with zero attached hydrogens (tertiary/aromatic N) is 4. The third-order valence-electron chi connectivity index (χ3n) is 11.9. The van der Waals surface area contributed by atoms with Crippen molar-refractivity contribution in [2.75, 3.05) is 0 Å². The van der Waals surface area contributed by atoms with E-state index in [0.29, 0.717) is 0 Å². The van der Waals surface area contributed by atoms with Crippen molar-refractivity contribution >= 4 is 60.4 Å². The van der Waals surface area contributed by atoms with Gasteiger partial charge >= 0.3 is 0 Å². The van der Waals surface area contributed by atoms with Crippen molar-refractivity contribution in [2.45, 2.75) is 46.5 Å². The van der Waals surface area contributed by atoms with Crippen LogP contribution in [0.2, 0.25) is 0 Å². The lowest BCUT2D eigenvalue weighted by Crippen LogP contribution is -2.09. The number of aromatic nitrogens is 4. The van der Waals surface area contributed by atoms with Gasteiger partial charge in [-0.1, -0.05) is 100 Å². The Morgan fingerprint density at radius 3 is 2.05 bits per heavy atom. The van der Waals surface area contributed by atoms with Gasteiger partial charge in [0, 0.05) is 27.8 Å². The average molecular weight is 767 g/mol. The van der Waals surface area contributed by atoms with Crippen molar-refractivity contribution < 1.29 is 9.15 Å². The molecular formula is C53H42N4O2. The number of aryl methyl sites for hydroxylation is 1. The van der Waals surface area contributed by atoms with E-state index in [1.165, 1.54) is 27.9 Å². The predicted molar refractivity (Wildman–Crippen MR) is 242 cm³/mol. The molecule has 7 aromatic carbocycles. The van der Waals surface area contributed by atoms with Crippen molar-refractivity contribution in [3.8, 4) is 39.7 Å². The maximum atomic E-state index is 6.78. The monoisotopic (exact) mass is 766 g/mol. The second-order valence-corrected chi connectivity index (χ2v) is 16.3. The lowest BCUT2D eigenvalue weighted by molar-refractivity contribution is 0.483. The van der Waals surface area contributed by atoms with Gasteiger partial charge in [0.05, 0.1) is 39.5 Å². The number of fused-ring (bicyclic) bond motifs is 10. The first-order chi connectivity index (χ1) is 28.8. The molecule has 0 spiro atoms. The molecule has 4 aromatic heterocycles. The van der Waals surface area contributed by atoms with Crippen LogP contribution in [0.4, 0.5) is 0 Å². The second-order valence-electron chi connectivity index (χ2n) is 16.3. The molecule has 0 atom stereocenters. The fourth-order valence-electron chi connectivity index (χ4n) is 9.11. The second kappa shape index (κ2) is 13.5. The van der Waals surface area contributed by atoms with Crippen LogP contribution < -0.4 is 4.74 Å². The molecule has 6 nitrogen and oxygen atoms in total. The van der Waals surface area contributed by atoms with Crippen LogP contribution >= 0.6 is 0 Å². The summed E-state index contributed by atoms with van der Waals surface area (Å²) < 4.78 is 17.3. The third-order valence-corrected chi connectivity index (χ3v) is 11.9. The summed E-state index contributed by atoms with van der Waals surface area (Å²) in [5.74, 6) is 2.89. The van der Waals surface area contributed by atoms with Crippen LogP contribution in [-0.2, 0) is 0 Å². The van der Waals surface area contributed by atoms with Gasteiger partial charge in [-0.3, -0.25) is 8.97 Å². The highest BCUT2D eigenvalue weighted by atomic mass is 16.5. The fraction of sp³-hybridized carbons (Fsp3) is 0.132. The van der Waals surface area contributed by atoms with Gasteiger partial charge in [-0.05, 0) is 119 Å². The smallest absolute Gasteiger partial charge is 0.146 e. The summed E-state index contributed by atoms with van der Waals surface area (Å²) >= 11 is 0. The highest BCUT2D eigenvalue weighted by Crippen LogP contribution is 2.42. The Bertz CT molecular complexity index is 3410. The van der Waals surface area contributed by atoms with Crippen LogP contribution in [0.25, 0.3) is 88.6 Å². The molecule has 59 heavy (non-hydrogen) atoms. The number of benzene rings is 7. The van der Waals surface area contributed by atoms with E-state index >= 15 is 0 Å². The number of furan rings is 1. The number of imidazole rings is 2. The zero-order valence-corrected chi connectivity index (χ0v) is 33.7. The largest absolute Gasteiger partial charge is 0.464 e. The van der Waals surface area contributed by atoms with Gasteiger partial charge < -0.3 is 9.15 Å². The quantitative estimate of drug-likeness (QED) is 0.152. The SMILES string of the molecule is Cc1c2ccoc2cc2nc3c4cc(Oc5cccc(-c6nc7ccccc7n6-c6c(C(C)C)cc(-c7ccccc7)cc6C(C)C)c5)ccc4c4ccccc4n3c12. The maximum absolute atomic E-state index is 6.78. The zero-order chi connectivity index (χ0) is 39.9. The van der Waals surface area contributed by atoms with Gasteiger partial charge in [0.1, 0.15) is 28.6 Å². The molecule has 11 aromatic rings. The third kappa shape index (κ3) is 5.54. The van der Waals surface area contributed by atoms with Crippen molar-refractivity contribution in [1.29, 1.82) is 0 Å². The van der Waals surface area contributed by atoms with E-state index in [1.54, 1.807) is 6.26 Å². The lowest BCUT2D eigenvalue weighted by atomic mass is 9.88. The lowest BCUT2D eigenvalue weighted by Gasteiger charge is -2.24. The number of para-hydroxylation sites is 3. The Morgan fingerprint density at radius 1 is 0.542 bits per heavy atom. The van der Waals surface area contributed by atoms with Crippen molar-refractivity contribution in [3.63, 3.8) is 0 Å². The fourth-order valence-corrected chi connectivity index (χ4v) is 9.11. The summed E-state index contributed by atoms with van der Waals surface area (Å²) in [6.45, 7) is 11.3. The molecule has 0 unspecified atom stereocenters. The van der Waals surface area contributed by atoms with Gasteiger partial charge in [-0.2, -0.15) is 0 Å². The molecular weight excluding hydrogens is 725 g/mol. The zero-order valence-electron chi connectivity index (χ0n) is 33.7. The summed E-state index contributed by atoms with van der Waals surface area (Å²) in [6, 6.07) is 51.2. The first-order valence-electron chi connectivity index (χ1n) is 20.4. The van der Waals surface area contributed by atoms with E-state index in [-0.39, 0.29) is 11.8 Å². The van der Waals surface area contributed by atoms with E-state index in [9.17, 15) is 0 Å². The summed E-state index contributed by atoms with van der Waals surface area (Å²) in [7, 11) is 0. The first-order valence-corrected chi connectivity index (χ1v) is 20.4. The van der Waals surface area contributed by atoms with Crippen LogP contribution in [0.3, 0.4) is 0 Å². The van der Waals surface area contributed by atoms with Crippen molar-refractivity contribution in [2.24, 2.45) is 0 Å². The highest BCUT2D eigenvalue weighted by Gasteiger charge is 2.24. The van der Waals surface area contributed by atoms with E-state index in [0.717, 1.165) is 88.8 Å². The molecule has 0 saturated heterocycles. The molecule has 286 valence electrons. The van der Waals surface area contributed by atoms with Crippen LogP contribution in [-0.4, -0.2) is 18.9 Å². The molecule has 0 amide bonds. The van der Waals surface area contributed by atoms with E-state index < -0.39 is 0 Å². The molecule has 6 heteroatoms. The van der Waals surface area contributed by atoms with Crippen LogP contribution in [0.1, 0.15) is 56.2 Å². The minimum Gasteiger partial charge on any atom is -0.464 e. The number of hydrogen-bond donors (Lipinski definition) is 0. The van der Waals surface area contributed by atoms with Gasteiger partial charge in [-0.25, -0.2) is 9.97 Å². The van der Waals surface area contributed by atoms with Gasteiger partial charge in [0.2, 0.25) is 0 Å². The Kier molecular flexibility index (Phi) is 7.99. The standard InChI is InChI=1S/C53H42N4O2/c1-31(2)42-27-36(34-14-7-6-8-15-34)28-43(32(3)4)51(42)57-48-21-12-10-19-45(48)54-52(57)35-16-13-17-37(26-35)59-38-22-23-40-41-18-9-11-20-47(41)56-50-33(5)39-24-25-58-49(39)30-46(50)55-53(56)44(40)29-38/h6-32H,1-5H3. The van der Waals surface area contributed by atoms with Crippen LogP contribution in [0, 0.1) is 6.92 Å². The van der Waals surface area contributed by atoms with Gasteiger partial charge in [0.25, 0.3) is 0 Å². The Morgan fingerprint density at radius 2 is 1.25 bits per heavy atom. The van der Waals surface area contributed by atoms with Crippen LogP contribution in [0.15, 0.2) is 156 Å². The summed E-state index contributed by atoms with van der Waals surface area (Å²) in [4.78, 5) is 10.6. The number of pyridine rings is 1. The maximum Gasteiger partial charge on any atom is 0.146 e. The van der Waals surface area contributed by atoms with E-state index in [2.05, 4.69) is 177 Å². The highest BCUT2D eigenvalue weighted by molar-refractivity contribution is 6.15. The summed E-state index contributed by atoms with van der Waals surface area (Å²) in [5, 5.41) is 4.40. The molecule has 0 saturated carbocycles. The normalized spacial score (nSPS) is 12.1. The van der Waals surface area contributed by atoms with Crippen molar-refractivity contribution in [3.05, 3.63) is 169 Å². The molecule has 0 radical (unpaired) electrons. The predicted octanol–water partition coefficient (Wildman–Crippen LogP) is 14.6. The van der Waals surface area contributed by atoms with E-state index in [1.807, 2.05) is 12.1 Å². The van der Waals surface area contributed by atoms with Crippen molar-refractivity contribution in [1.82, 2.24) is 18.9 Å². The number of hydrogen-bond acceptors (Lipinski definition) is 4. The van der Waals surface area contributed by atoms with Crippen LogP contribution in [0.5, 0.6) is 11.5 Å². The summed E-state index contributed by atoms with van der Waals surface area (Å²) in [6.07, 6.45) is 1.75. The average Bonchev–Trinajstić information content (AvgIpc) is 4.00. The molecule has 0 fully saturated rings. The van der Waals surface area contributed by atoms with Gasteiger partial charge in [0.15, 0.2) is 0 Å². The van der Waals surface area contributed by atoms with E-state index in [4.69, 9.17) is 19.1 Å². The molecule has 11 rings (SSSR count). The Hall–Kier alpha value is -7.18. The molecule has 0 bridgehead atoms. The van der Waals surface area contributed by atoms with Gasteiger partial charge in [-0.15, -0.1) is 0 Å². The summed E-state index contributed by atoms with van der Waals surface area (Å²) in [5.41, 5.74) is 15.2. The Labute approximate surface area is 342 Å². The molecule has 0 N–H and O–H groups in total. The molecule has 0 aliphatic carbocycles. The Balaban J connectivity index is 1.06. The molecule has 0 aliphatic heterocycles. The number of ether oxygens (including phenoxy) is 1.